The Balaban J connectivity index is 1.77. The van der Waals surface area contributed by atoms with Crippen molar-refractivity contribution < 1.29 is 5.11 Å². The van der Waals surface area contributed by atoms with Gasteiger partial charge < -0.3 is 10.8 Å². The summed E-state index contributed by atoms with van der Waals surface area (Å²) in [5.74, 6) is 0.598. The predicted octanol–water partition coefficient (Wildman–Crippen LogP) is 0.639. The van der Waals surface area contributed by atoms with Crippen molar-refractivity contribution in [3.8, 4) is 0 Å². The average Bonchev–Trinajstić information content (AvgIpc) is 2.60. The van der Waals surface area contributed by atoms with Crippen LogP contribution in [0.25, 0.3) is 0 Å². The fourth-order valence-electron chi connectivity index (χ4n) is 1.43. The van der Waals surface area contributed by atoms with Crippen molar-refractivity contribution in [2.24, 2.45) is 11.7 Å². The molecular weight excluding hydrogens is 126 g/mol. The number of nitrogens with two attached hydrogens (primary N) is 1. The van der Waals surface area contributed by atoms with E-state index in [1.807, 2.05) is 0 Å². The second-order valence-corrected chi connectivity index (χ2v) is 3.97. The van der Waals surface area contributed by atoms with Crippen LogP contribution < -0.4 is 5.73 Å². The third-order valence-electron chi connectivity index (χ3n) is 2.67. The smallest absolute Gasteiger partial charge is 0.0585 e. The monoisotopic (exact) mass is 141 g/mol. The fourth-order valence-corrected chi connectivity index (χ4v) is 1.43. The first-order valence-corrected chi connectivity index (χ1v) is 4.17. The van der Waals surface area contributed by atoms with Crippen LogP contribution in [0.2, 0.25) is 0 Å². The minimum Gasteiger partial charge on any atom is -0.393 e. The molecule has 2 heteroatoms. The molecule has 2 saturated carbocycles. The molecule has 2 fully saturated rings. The standard InChI is InChI=1S/C8H15NO/c9-8(3-4-8)5-7(10)6-1-2-6/h6-7,10H,1-5,9H2. The van der Waals surface area contributed by atoms with Crippen LogP contribution in [0.4, 0.5) is 0 Å². The van der Waals surface area contributed by atoms with Crippen LogP contribution in [0, 0.1) is 5.92 Å². The van der Waals surface area contributed by atoms with Crippen LogP contribution in [0.3, 0.4) is 0 Å². The van der Waals surface area contributed by atoms with Gasteiger partial charge in [-0.25, -0.2) is 0 Å². The molecule has 58 valence electrons. The van der Waals surface area contributed by atoms with E-state index in [1.165, 1.54) is 12.8 Å². The average molecular weight is 141 g/mol. The van der Waals surface area contributed by atoms with E-state index in [1.54, 1.807) is 0 Å². The zero-order valence-electron chi connectivity index (χ0n) is 6.21. The molecular formula is C8H15NO. The molecule has 0 aromatic carbocycles. The van der Waals surface area contributed by atoms with Gasteiger partial charge in [0.2, 0.25) is 0 Å². The predicted molar refractivity (Wildman–Crippen MR) is 39.5 cm³/mol. The summed E-state index contributed by atoms with van der Waals surface area (Å²) in [6.07, 6.45) is 5.44. The highest BCUT2D eigenvalue weighted by Crippen LogP contribution is 2.42. The van der Waals surface area contributed by atoms with Gasteiger partial charge in [-0.05, 0) is 38.0 Å². The molecule has 0 saturated heterocycles. The van der Waals surface area contributed by atoms with Crippen molar-refractivity contribution in [2.45, 2.75) is 43.7 Å². The Bertz CT molecular complexity index is 138. The van der Waals surface area contributed by atoms with Crippen molar-refractivity contribution in [1.29, 1.82) is 0 Å². The molecule has 0 radical (unpaired) electrons. The molecule has 0 aromatic rings. The SMILES string of the molecule is NC1(CC(O)C2CC2)CC1. The Morgan fingerprint density at radius 3 is 2.50 bits per heavy atom. The summed E-state index contributed by atoms with van der Waals surface area (Å²) in [7, 11) is 0. The maximum Gasteiger partial charge on any atom is 0.0585 e. The van der Waals surface area contributed by atoms with Gasteiger partial charge in [0.05, 0.1) is 6.10 Å². The molecule has 0 aromatic heterocycles. The molecule has 0 amide bonds. The van der Waals surface area contributed by atoms with Crippen LogP contribution in [0.5, 0.6) is 0 Å². The first-order chi connectivity index (χ1) is 4.70. The van der Waals surface area contributed by atoms with Gasteiger partial charge in [0.25, 0.3) is 0 Å². The quantitative estimate of drug-likeness (QED) is 0.606. The highest BCUT2D eigenvalue weighted by molar-refractivity contribution is 5.01. The van der Waals surface area contributed by atoms with Gasteiger partial charge in [0.1, 0.15) is 0 Å². The van der Waals surface area contributed by atoms with E-state index >= 15 is 0 Å². The van der Waals surface area contributed by atoms with Crippen LogP contribution in [-0.4, -0.2) is 16.7 Å². The van der Waals surface area contributed by atoms with Gasteiger partial charge in [-0.1, -0.05) is 0 Å². The van der Waals surface area contributed by atoms with Crippen LogP contribution in [-0.2, 0) is 0 Å². The second kappa shape index (κ2) is 1.95. The molecule has 0 heterocycles. The molecule has 3 N–H and O–H groups in total. The molecule has 2 aliphatic carbocycles. The Morgan fingerprint density at radius 2 is 2.10 bits per heavy atom. The first kappa shape index (κ1) is 6.62. The van der Waals surface area contributed by atoms with Crippen LogP contribution >= 0.6 is 0 Å². The fraction of sp³-hybridized carbons (Fsp3) is 1.00. The molecule has 2 rings (SSSR count). The lowest BCUT2D eigenvalue weighted by Gasteiger charge is -2.13. The van der Waals surface area contributed by atoms with Crippen LogP contribution in [0.15, 0.2) is 0 Å². The zero-order chi connectivity index (χ0) is 7.19. The summed E-state index contributed by atoms with van der Waals surface area (Å²) >= 11 is 0. The van der Waals surface area contributed by atoms with Gasteiger partial charge in [-0.2, -0.15) is 0 Å². The largest absolute Gasteiger partial charge is 0.393 e. The Kier molecular flexibility index (Phi) is 1.29. The summed E-state index contributed by atoms with van der Waals surface area (Å²) in [4.78, 5) is 0. The van der Waals surface area contributed by atoms with Crippen molar-refractivity contribution in [3.05, 3.63) is 0 Å². The van der Waals surface area contributed by atoms with Gasteiger partial charge in [0.15, 0.2) is 0 Å². The Labute approximate surface area is 61.4 Å². The maximum absolute atomic E-state index is 9.48. The number of aliphatic hydroxyl groups is 1. The molecule has 0 bridgehead atoms. The molecule has 1 atom stereocenters. The number of aliphatic hydroxyl groups excluding tert-OH is 1. The molecule has 0 aliphatic heterocycles. The van der Waals surface area contributed by atoms with E-state index in [-0.39, 0.29) is 11.6 Å². The summed E-state index contributed by atoms with van der Waals surface area (Å²) in [5, 5.41) is 9.48. The van der Waals surface area contributed by atoms with Crippen molar-refractivity contribution in [2.75, 3.05) is 0 Å². The lowest BCUT2D eigenvalue weighted by molar-refractivity contribution is 0.130. The molecule has 10 heavy (non-hydrogen) atoms. The maximum atomic E-state index is 9.48. The lowest BCUT2D eigenvalue weighted by atomic mass is 10.1. The van der Waals surface area contributed by atoms with E-state index < -0.39 is 0 Å². The lowest BCUT2D eigenvalue weighted by Crippen LogP contribution is -2.28. The second-order valence-electron chi connectivity index (χ2n) is 3.97. The van der Waals surface area contributed by atoms with Crippen molar-refractivity contribution in [1.82, 2.24) is 0 Å². The third-order valence-corrected chi connectivity index (χ3v) is 2.67. The van der Waals surface area contributed by atoms with Gasteiger partial charge in [-0.15, -0.1) is 0 Å². The van der Waals surface area contributed by atoms with E-state index in [4.69, 9.17) is 5.73 Å². The number of hydrogen-bond donors (Lipinski definition) is 2. The van der Waals surface area contributed by atoms with Gasteiger partial charge in [0, 0.05) is 5.54 Å². The molecule has 1 unspecified atom stereocenters. The molecule has 0 spiro atoms. The van der Waals surface area contributed by atoms with E-state index in [2.05, 4.69) is 0 Å². The highest BCUT2D eigenvalue weighted by atomic mass is 16.3. The zero-order valence-corrected chi connectivity index (χ0v) is 6.21. The van der Waals surface area contributed by atoms with Gasteiger partial charge >= 0.3 is 0 Å². The summed E-state index contributed by atoms with van der Waals surface area (Å²) in [6.45, 7) is 0. The van der Waals surface area contributed by atoms with E-state index in [0.717, 1.165) is 19.3 Å². The summed E-state index contributed by atoms with van der Waals surface area (Å²) < 4.78 is 0. The topological polar surface area (TPSA) is 46.2 Å². The Hall–Kier alpha value is -0.0800. The number of hydrogen-bond acceptors (Lipinski definition) is 2. The van der Waals surface area contributed by atoms with Crippen molar-refractivity contribution in [3.63, 3.8) is 0 Å². The molecule has 2 nitrogen and oxygen atoms in total. The minimum atomic E-state index is -0.0903. The van der Waals surface area contributed by atoms with Crippen molar-refractivity contribution >= 4 is 0 Å². The van der Waals surface area contributed by atoms with E-state index in [9.17, 15) is 5.11 Å². The summed E-state index contributed by atoms with van der Waals surface area (Å²) in [6, 6.07) is 0. The highest BCUT2D eigenvalue weighted by Gasteiger charge is 2.43. The minimum absolute atomic E-state index is 0.0437. The normalized spacial score (nSPS) is 31.8. The van der Waals surface area contributed by atoms with Gasteiger partial charge in [-0.3, -0.25) is 0 Å². The Morgan fingerprint density at radius 1 is 1.50 bits per heavy atom. The van der Waals surface area contributed by atoms with Crippen LogP contribution in [0.1, 0.15) is 32.1 Å². The summed E-state index contributed by atoms with van der Waals surface area (Å²) in [5.41, 5.74) is 5.90. The van der Waals surface area contributed by atoms with E-state index in [0.29, 0.717) is 5.92 Å². The number of rotatable bonds is 3. The molecule has 2 aliphatic rings. The first-order valence-electron chi connectivity index (χ1n) is 4.17. The third kappa shape index (κ3) is 1.32.